The summed E-state index contributed by atoms with van der Waals surface area (Å²) in [6.07, 6.45) is 3.09. The molecule has 2 atom stereocenters. The Bertz CT molecular complexity index is 820. The van der Waals surface area contributed by atoms with Crippen LogP contribution in [0.4, 0.5) is 0 Å². The summed E-state index contributed by atoms with van der Waals surface area (Å²) in [6.45, 7) is 17.3. The molecule has 1 aliphatic heterocycles. The van der Waals surface area contributed by atoms with Crippen LogP contribution >= 0.6 is 0 Å². The highest BCUT2D eigenvalue weighted by molar-refractivity contribution is 6.02. The molecule has 3 heteroatoms. The maximum absolute atomic E-state index is 13.5. The molecule has 2 unspecified atom stereocenters. The Morgan fingerprint density at radius 2 is 1.92 bits per heavy atom. The van der Waals surface area contributed by atoms with E-state index in [0.717, 1.165) is 29.9 Å². The number of nitrogens with zero attached hydrogens (tertiary/aromatic N) is 2. The van der Waals surface area contributed by atoms with E-state index in [1.165, 1.54) is 17.4 Å². The number of likely N-dealkylation sites (tertiary alicyclic amines) is 1. The molecule has 1 amide bonds. The number of benzene rings is 1. The van der Waals surface area contributed by atoms with Crippen LogP contribution in [0.5, 0.6) is 0 Å². The van der Waals surface area contributed by atoms with E-state index in [4.69, 9.17) is 0 Å². The van der Waals surface area contributed by atoms with E-state index in [1.807, 2.05) is 6.08 Å². The van der Waals surface area contributed by atoms with Gasteiger partial charge in [0.05, 0.1) is 0 Å². The van der Waals surface area contributed by atoms with Gasteiger partial charge in [-0.25, -0.2) is 0 Å². The van der Waals surface area contributed by atoms with Gasteiger partial charge in [-0.05, 0) is 54.4 Å². The predicted molar refractivity (Wildman–Crippen MR) is 110 cm³/mol. The van der Waals surface area contributed by atoms with Crippen LogP contribution in [0.1, 0.15) is 61.6 Å². The molecular weight excluding hydrogens is 320 g/mol. The molecule has 0 spiro atoms. The van der Waals surface area contributed by atoms with Gasteiger partial charge in [0.1, 0.15) is 5.69 Å². The summed E-state index contributed by atoms with van der Waals surface area (Å²) < 4.78 is 2.15. The zero-order chi connectivity index (χ0) is 19.0. The SMILES string of the molecule is C=CCn1c(C(=O)N2CC(C)CC(C)C2)c(C)c2cc(C(C)C)ccc21. The van der Waals surface area contributed by atoms with Crippen LogP contribution in [0.3, 0.4) is 0 Å². The first kappa shape index (κ1) is 18.8. The van der Waals surface area contributed by atoms with E-state index in [2.05, 4.69) is 68.9 Å². The Hall–Kier alpha value is -2.03. The summed E-state index contributed by atoms with van der Waals surface area (Å²) in [7, 11) is 0. The number of aromatic nitrogens is 1. The molecule has 0 saturated carbocycles. The molecule has 1 fully saturated rings. The van der Waals surface area contributed by atoms with Crippen molar-refractivity contribution in [1.82, 2.24) is 9.47 Å². The Balaban J connectivity index is 2.11. The Morgan fingerprint density at radius 1 is 1.27 bits per heavy atom. The Morgan fingerprint density at radius 3 is 2.50 bits per heavy atom. The average molecular weight is 353 g/mol. The first-order valence-corrected chi connectivity index (χ1v) is 9.86. The molecule has 3 rings (SSSR count). The van der Waals surface area contributed by atoms with Gasteiger partial charge in [-0.3, -0.25) is 4.79 Å². The minimum atomic E-state index is 0.171. The maximum atomic E-state index is 13.5. The fourth-order valence-electron chi connectivity index (χ4n) is 4.47. The molecule has 1 saturated heterocycles. The van der Waals surface area contributed by atoms with Crippen LogP contribution in [-0.4, -0.2) is 28.5 Å². The lowest BCUT2D eigenvalue weighted by Gasteiger charge is -2.35. The second-order valence-electron chi connectivity index (χ2n) is 8.46. The zero-order valence-electron chi connectivity index (χ0n) is 16.9. The molecule has 3 nitrogen and oxygen atoms in total. The van der Waals surface area contributed by atoms with Gasteiger partial charge >= 0.3 is 0 Å². The number of fused-ring (bicyclic) bond motifs is 1. The molecule has 1 aromatic heterocycles. The lowest BCUT2D eigenvalue weighted by atomic mass is 9.91. The molecule has 1 aromatic carbocycles. The number of hydrogen-bond donors (Lipinski definition) is 0. The molecule has 2 heterocycles. The summed E-state index contributed by atoms with van der Waals surface area (Å²) >= 11 is 0. The topological polar surface area (TPSA) is 25.2 Å². The second-order valence-corrected chi connectivity index (χ2v) is 8.46. The van der Waals surface area contributed by atoms with Crippen LogP contribution in [0.15, 0.2) is 30.9 Å². The summed E-state index contributed by atoms with van der Waals surface area (Å²) in [5.74, 6) is 1.77. The minimum Gasteiger partial charge on any atom is -0.337 e. The van der Waals surface area contributed by atoms with Gasteiger partial charge in [0, 0.05) is 30.5 Å². The zero-order valence-corrected chi connectivity index (χ0v) is 16.9. The van der Waals surface area contributed by atoms with Crippen LogP contribution in [-0.2, 0) is 6.54 Å². The van der Waals surface area contributed by atoms with Crippen molar-refractivity contribution in [3.63, 3.8) is 0 Å². The van der Waals surface area contributed by atoms with Gasteiger partial charge < -0.3 is 9.47 Å². The van der Waals surface area contributed by atoms with Crippen molar-refractivity contribution < 1.29 is 4.79 Å². The molecule has 0 N–H and O–H groups in total. The van der Waals surface area contributed by atoms with Crippen molar-refractivity contribution in [2.45, 2.75) is 53.5 Å². The number of aryl methyl sites for hydroxylation is 1. The number of carbonyl (C=O) groups is 1. The molecule has 0 radical (unpaired) electrons. The lowest BCUT2D eigenvalue weighted by Crippen LogP contribution is -2.43. The summed E-state index contributed by atoms with van der Waals surface area (Å²) in [4.78, 5) is 15.5. The van der Waals surface area contributed by atoms with E-state index in [-0.39, 0.29) is 5.91 Å². The molecule has 1 aliphatic rings. The van der Waals surface area contributed by atoms with Gasteiger partial charge in [0.2, 0.25) is 0 Å². The maximum Gasteiger partial charge on any atom is 0.270 e. The first-order valence-electron chi connectivity index (χ1n) is 9.86. The third-order valence-corrected chi connectivity index (χ3v) is 5.68. The molecule has 0 bridgehead atoms. The third-order valence-electron chi connectivity index (χ3n) is 5.68. The summed E-state index contributed by atoms with van der Waals surface area (Å²) in [5, 5.41) is 1.19. The van der Waals surface area contributed by atoms with E-state index < -0.39 is 0 Å². The normalized spacial score (nSPS) is 20.8. The highest BCUT2D eigenvalue weighted by Crippen LogP contribution is 2.31. The fourth-order valence-corrected chi connectivity index (χ4v) is 4.47. The van der Waals surface area contributed by atoms with Crippen molar-refractivity contribution in [2.75, 3.05) is 13.1 Å². The van der Waals surface area contributed by atoms with Crippen LogP contribution in [0.25, 0.3) is 10.9 Å². The number of rotatable bonds is 4. The van der Waals surface area contributed by atoms with Crippen LogP contribution < -0.4 is 0 Å². The van der Waals surface area contributed by atoms with Gasteiger partial charge in [-0.1, -0.05) is 39.8 Å². The minimum absolute atomic E-state index is 0.171. The van der Waals surface area contributed by atoms with E-state index >= 15 is 0 Å². The molecule has 2 aromatic rings. The second kappa shape index (κ2) is 7.30. The number of hydrogen-bond acceptors (Lipinski definition) is 1. The largest absolute Gasteiger partial charge is 0.337 e. The first-order chi connectivity index (χ1) is 12.3. The monoisotopic (exact) mass is 352 g/mol. The van der Waals surface area contributed by atoms with Crippen molar-refractivity contribution in [2.24, 2.45) is 11.8 Å². The number of amides is 1. The Labute approximate surface area is 157 Å². The standard InChI is InChI=1S/C23H32N2O/c1-7-10-25-21-9-8-19(15(2)3)12-20(21)18(6)22(25)23(26)24-13-16(4)11-17(5)14-24/h7-9,12,15-17H,1,10-11,13-14H2,2-6H3. The lowest BCUT2D eigenvalue weighted by molar-refractivity contribution is 0.0612. The highest BCUT2D eigenvalue weighted by Gasteiger charge is 2.30. The smallest absolute Gasteiger partial charge is 0.270 e. The van der Waals surface area contributed by atoms with Crippen LogP contribution in [0, 0.1) is 18.8 Å². The van der Waals surface area contributed by atoms with Crippen molar-refractivity contribution in [1.29, 1.82) is 0 Å². The van der Waals surface area contributed by atoms with Gasteiger partial charge in [-0.2, -0.15) is 0 Å². The molecular formula is C23H32N2O. The molecule has 0 aliphatic carbocycles. The van der Waals surface area contributed by atoms with E-state index in [9.17, 15) is 4.79 Å². The van der Waals surface area contributed by atoms with Crippen LogP contribution in [0.2, 0.25) is 0 Å². The predicted octanol–water partition coefficient (Wildman–Crippen LogP) is 5.38. The molecule has 140 valence electrons. The third kappa shape index (κ3) is 3.32. The van der Waals surface area contributed by atoms with E-state index in [1.54, 1.807) is 0 Å². The summed E-state index contributed by atoms with van der Waals surface area (Å²) in [5.41, 5.74) is 4.38. The summed E-state index contributed by atoms with van der Waals surface area (Å²) in [6, 6.07) is 6.61. The van der Waals surface area contributed by atoms with Gasteiger partial charge in [0.25, 0.3) is 5.91 Å². The quantitative estimate of drug-likeness (QED) is 0.678. The fraction of sp³-hybridized carbons (Fsp3) is 0.522. The average Bonchev–Trinajstić information content (AvgIpc) is 2.85. The van der Waals surface area contributed by atoms with Crippen molar-refractivity contribution >= 4 is 16.8 Å². The number of allylic oxidation sites excluding steroid dienone is 1. The highest BCUT2D eigenvalue weighted by atomic mass is 16.2. The molecule has 26 heavy (non-hydrogen) atoms. The number of piperidine rings is 1. The van der Waals surface area contributed by atoms with Crippen molar-refractivity contribution in [3.8, 4) is 0 Å². The van der Waals surface area contributed by atoms with Gasteiger partial charge in [-0.15, -0.1) is 6.58 Å². The van der Waals surface area contributed by atoms with Gasteiger partial charge in [0.15, 0.2) is 0 Å². The van der Waals surface area contributed by atoms with E-state index in [0.29, 0.717) is 24.3 Å². The van der Waals surface area contributed by atoms with Crippen molar-refractivity contribution in [3.05, 3.63) is 47.7 Å². The Kier molecular flexibility index (Phi) is 5.27. The number of carbonyl (C=O) groups excluding carboxylic acids is 1.